The van der Waals surface area contributed by atoms with Crippen molar-refractivity contribution in [2.75, 3.05) is 13.7 Å². The molecule has 2 aromatic rings. The summed E-state index contributed by atoms with van der Waals surface area (Å²) in [5.74, 6) is 1.23. The number of methoxy groups -OCH3 is 1. The third kappa shape index (κ3) is 5.41. The summed E-state index contributed by atoms with van der Waals surface area (Å²) in [7, 11) is 1.69. The van der Waals surface area contributed by atoms with Crippen LogP contribution in [-0.2, 0) is 12.8 Å². The molecule has 0 heterocycles. The number of hydrogen-bond acceptors (Lipinski definition) is 3. The summed E-state index contributed by atoms with van der Waals surface area (Å²) < 4.78 is 5.16. The largest absolute Gasteiger partial charge is 0.508 e. The lowest BCUT2D eigenvalue weighted by atomic mass is 10.1. The van der Waals surface area contributed by atoms with Crippen LogP contribution in [0.15, 0.2) is 48.5 Å². The fraction of sp³-hybridized carbons (Fsp3) is 0.368. The Bertz CT molecular complexity index is 549. The molecular formula is C19H25NO2. The maximum absolute atomic E-state index is 9.27. The number of nitrogens with one attached hydrogen (secondary N) is 1. The second-order valence-corrected chi connectivity index (χ2v) is 5.66. The molecule has 0 aliphatic rings. The van der Waals surface area contributed by atoms with Crippen LogP contribution in [0.5, 0.6) is 11.5 Å². The number of aromatic hydroxyl groups is 1. The normalized spacial score (nSPS) is 12.1. The molecule has 0 fully saturated rings. The van der Waals surface area contributed by atoms with E-state index in [0.717, 1.165) is 31.6 Å². The average molecular weight is 299 g/mol. The second kappa shape index (κ2) is 8.44. The molecule has 118 valence electrons. The van der Waals surface area contributed by atoms with Crippen LogP contribution in [0, 0.1) is 0 Å². The zero-order chi connectivity index (χ0) is 15.8. The predicted molar refractivity (Wildman–Crippen MR) is 90.6 cm³/mol. The standard InChI is InChI=1S/C19H25NO2/c1-15(3-4-16-5-9-18(21)10-6-16)20-14-13-17-7-11-19(22-2)12-8-17/h5-12,15,20-21H,3-4,13-14H2,1-2H3. The van der Waals surface area contributed by atoms with Crippen LogP contribution in [0.25, 0.3) is 0 Å². The summed E-state index contributed by atoms with van der Waals surface area (Å²) in [5, 5.41) is 12.8. The fourth-order valence-corrected chi connectivity index (χ4v) is 2.40. The third-order valence-corrected chi connectivity index (χ3v) is 3.87. The van der Waals surface area contributed by atoms with Crippen LogP contribution in [0.1, 0.15) is 24.5 Å². The van der Waals surface area contributed by atoms with Gasteiger partial charge in [0, 0.05) is 6.04 Å². The van der Waals surface area contributed by atoms with E-state index in [2.05, 4.69) is 24.4 Å². The van der Waals surface area contributed by atoms with Crippen molar-refractivity contribution in [1.82, 2.24) is 5.32 Å². The molecule has 0 bridgehead atoms. The SMILES string of the molecule is COc1ccc(CCNC(C)CCc2ccc(O)cc2)cc1. The molecule has 3 nitrogen and oxygen atoms in total. The van der Waals surface area contributed by atoms with Crippen molar-refractivity contribution in [3.05, 3.63) is 59.7 Å². The van der Waals surface area contributed by atoms with Gasteiger partial charge in [0.2, 0.25) is 0 Å². The summed E-state index contributed by atoms with van der Waals surface area (Å²) in [6, 6.07) is 16.2. The summed E-state index contributed by atoms with van der Waals surface area (Å²) in [4.78, 5) is 0. The van der Waals surface area contributed by atoms with Crippen molar-refractivity contribution in [3.8, 4) is 11.5 Å². The molecule has 0 spiro atoms. The molecule has 22 heavy (non-hydrogen) atoms. The Labute approximate surface area is 133 Å². The maximum atomic E-state index is 9.27. The topological polar surface area (TPSA) is 41.5 Å². The Kier molecular flexibility index (Phi) is 6.28. The van der Waals surface area contributed by atoms with Gasteiger partial charge in [-0.05, 0) is 68.1 Å². The number of benzene rings is 2. The van der Waals surface area contributed by atoms with E-state index in [1.807, 2.05) is 24.3 Å². The molecule has 0 saturated carbocycles. The van der Waals surface area contributed by atoms with E-state index in [-0.39, 0.29) is 0 Å². The number of phenols is 1. The number of aryl methyl sites for hydroxylation is 1. The second-order valence-electron chi connectivity index (χ2n) is 5.66. The Morgan fingerprint density at radius 2 is 1.55 bits per heavy atom. The maximum Gasteiger partial charge on any atom is 0.118 e. The highest BCUT2D eigenvalue weighted by Crippen LogP contribution is 2.13. The Morgan fingerprint density at radius 3 is 2.18 bits per heavy atom. The minimum Gasteiger partial charge on any atom is -0.508 e. The molecule has 0 amide bonds. The van der Waals surface area contributed by atoms with Crippen molar-refractivity contribution in [2.45, 2.75) is 32.2 Å². The highest BCUT2D eigenvalue weighted by Gasteiger charge is 2.03. The molecule has 0 radical (unpaired) electrons. The first kappa shape index (κ1) is 16.4. The van der Waals surface area contributed by atoms with Crippen molar-refractivity contribution in [3.63, 3.8) is 0 Å². The van der Waals surface area contributed by atoms with Gasteiger partial charge in [-0.15, -0.1) is 0 Å². The number of ether oxygens (including phenoxy) is 1. The monoisotopic (exact) mass is 299 g/mol. The molecule has 0 saturated heterocycles. The molecule has 0 aliphatic carbocycles. The van der Waals surface area contributed by atoms with Crippen LogP contribution < -0.4 is 10.1 Å². The van der Waals surface area contributed by atoms with Gasteiger partial charge < -0.3 is 15.2 Å². The van der Waals surface area contributed by atoms with Gasteiger partial charge in [-0.1, -0.05) is 24.3 Å². The summed E-state index contributed by atoms with van der Waals surface area (Å²) >= 11 is 0. The van der Waals surface area contributed by atoms with Gasteiger partial charge >= 0.3 is 0 Å². The zero-order valence-corrected chi connectivity index (χ0v) is 13.4. The highest BCUT2D eigenvalue weighted by molar-refractivity contribution is 5.27. The first-order chi connectivity index (χ1) is 10.7. The minimum absolute atomic E-state index is 0.328. The van der Waals surface area contributed by atoms with Gasteiger partial charge in [0.1, 0.15) is 11.5 Å². The van der Waals surface area contributed by atoms with Gasteiger partial charge in [-0.25, -0.2) is 0 Å². The quantitative estimate of drug-likeness (QED) is 0.783. The number of phenolic OH excluding ortho intramolecular Hbond substituents is 1. The van der Waals surface area contributed by atoms with Crippen molar-refractivity contribution < 1.29 is 9.84 Å². The summed E-state index contributed by atoms with van der Waals surface area (Å²) in [5.41, 5.74) is 2.58. The van der Waals surface area contributed by atoms with E-state index in [4.69, 9.17) is 4.74 Å². The predicted octanol–water partition coefficient (Wildman–Crippen LogP) is 3.55. The van der Waals surface area contributed by atoms with Crippen LogP contribution in [0.3, 0.4) is 0 Å². The first-order valence-corrected chi connectivity index (χ1v) is 7.81. The fourth-order valence-electron chi connectivity index (χ4n) is 2.40. The van der Waals surface area contributed by atoms with Crippen molar-refractivity contribution >= 4 is 0 Å². The number of rotatable bonds is 8. The van der Waals surface area contributed by atoms with Gasteiger partial charge in [0.25, 0.3) is 0 Å². The third-order valence-electron chi connectivity index (χ3n) is 3.87. The molecule has 1 unspecified atom stereocenters. The van der Waals surface area contributed by atoms with Gasteiger partial charge in [-0.2, -0.15) is 0 Å². The molecular weight excluding hydrogens is 274 g/mol. The molecule has 2 rings (SSSR count). The molecule has 0 aromatic heterocycles. The Morgan fingerprint density at radius 1 is 0.955 bits per heavy atom. The minimum atomic E-state index is 0.328. The Hall–Kier alpha value is -2.00. The van der Waals surface area contributed by atoms with Crippen LogP contribution >= 0.6 is 0 Å². The van der Waals surface area contributed by atoms with Crippen LogP contribution in [0.4, 0.5) is 0 Å². The van der Waals surface area contributed by atoms with Gasteiger partial charge in [0.15, 0.2) is 0 Å². The van der Waals surface area contributed by atoms with Gasteiger partial charge in [-0.3, -0.25) is 0 Å². The lowest BCUT2D eigenvalue weighted by Gasteiger charge is -2.14. The van der Waals surface area contributed by atoms with E-state index in [1.54, 1.807) is 19.2 Å². The van der Waals surface area contributed by atoms with Gasteiger partial charge in [0.05, 0.1) is 7.11 Å². The summed E-state index contributed by atoms with van der Waals surface area (Å²) in [6.45, 7) is 3.19. The molecule has 0 aliphatic heterocycles. The van der Waals surface area contributed by atoms with Crippen molar-refractivity contribution in [2.24, 2.45) is 0 Å². The van der Waals surface area contributed by atoms with E-state index in [0.29, 0.717) is 11.8 Å². The number of hydrogen-bond donors (Lipinski definition) is 2. The molecule has 2 aromatic carbocycles. The van der Waals surface area contributed by atoms with E-state index < -0.39 is 0 Å². The highest BCUT2D eigenvalue weighted by atomic mass is 16.5. The Balaban J connectivity index is 1.66. The lowest BCUT2D eigenvalue weighted by Crippen LogP contribution is -2.28. The van der Waals surface area contributed by atoms with E-state index in [9.17, 15) is 5.11 Å². The molecule has 2 N–H and O–H groups in total. The average Bonchev–Trinajstić information content (AvgIpc) is 2.55. The zero-order valence-electron chi connectivity index (χ0n) is 13.4. The first-order valence-electron chi connectivity index (χ1n) is 7.81. The molecule has 1 atom stereocenters. The van der Waals surface area contributed by atoms with Crippen LogP contribution in [0.2, 0.25) is 0 Å². The smallest absolute Gasteiger partial charge is 0.118 e. The lowest BCUT2D eigenvalue weighted by molar-refractivity contribution is 0.414. The molecule has 3 heteroatoms. The summed E-state index contributed by atoms with van der Waals surface area (Å²) in [6.07, 6.45) is 3.14. The van der Waals surface area contributed by atoms with Crippen molar-refractivity contribution in [1.29, 1.82) is 0 Å². The van der Waals surface area contributed by atoms with E-state index >= 15 is 0 Å². The van der Waals surface area contributed by atoms with E-state index in [1.165, 1.54) is 11.1 Å². The van der Waals surface area contributed by atoms with Crippen LogP contribution in [-0.4, -0.2) is 24.8 Å².